The van der Waals surface area contributed by atoms with Crippen LogP contribution in [0.15, 0.2) is 48.6 Å². The van der Waals surface area contributed by atoms with E-state index < -0.39 is 83.5 Å². The normalized spacial score (nSPS) is 22.2. The summed E-state index contributed by atoms with van der Waals surface area (Å²) in [5.74, 6) is -1.26. The Morgan fingerprint density at radius 3 is 1.36 bits per heavy atom. The Bertz CT molecular complexity index is 1420. The average Bonchev–Trinajstić information content (AvgIpc) is 3.25. The van der Waals surface area contributed by atoms with Gasteiger partial charge in [-0.1, -0.05) is 159 Å². The molecule has 0 aromatic carbocycles. The Morgan fingerprint density at radius 2 is 0.891 bits per heavy atom. The molecule has 1 fully saturated rings. The van der Waals surface area contributed by atoms with E-state index in [0.717, 1.165) is 51.4 Å². The van der Waals surface area contributed by atoms with Gasteiger partial charge in [-0.15, -0.1) is 0 Å². The van der Waals surface area contributed by atoms with Crippen molar-refractivity contribution in [2.45, 2.75) is 217 Å². The number of allylic oxidation sites excluding steroid dienone is 8. The van der Waals surface area contributed by atoms with Crippen LogP contribution in [0.2, 0.25) is 0 Å². The lowest BCUT2D eigenvalue weighted by atomic mass is 9.85. The summed E-state index contributed by atoms with van der Waals surface area (Å²) < 4.78 is 49.1. The molecule has 8 atom stereocenters. The highest BCUT2D eigenvalue weighted by atomic mass is 31.2. The number of phosphoric ester groups is 2. The van der Waals surface area contributed by atoms with Crippen molar-refractivity contribution >= 4 is 27.6 Å². The summed E-state index contributed by atoms with van der Waals surface area (Å²) in [5.41, 5.74) is 0. The van der Waals surface area contributed by atoms with E-state index in [2.05, 4.69) is 54.8 Å². The van der Waals surface area contributed by atoms with Crippen LogP contribution in [0.5, 0.6) is 0 Å². The van der Waals surface area contributed by atoms with E-state index in [-0.39, 0.29) is 12.8 Å². The maximum Gasteiger partial charge on any atom is 0.472 e. The number of ether oxygens (including phenoxy) is 2. The average molecular weight is 953 g/mol. The van der Waals surface area contributed by atoms with Gasteiger partial charge >= 0.3 is 27.6 Å². The number of carbonyl (C=O) groups excluding carboxylic acids is 2. The molecule has 3 unspecified atom stereocenters. The minimum absolute atomic E-state index is 0.0249. The summed E-state index contributed by atoms with van der Waals surface area (Å²) in [6, 6.07) is 0. The molecule has 0 spiro atoms. The van der Waals surface area contributed by atoms with Gasteiger partial charge in [0.2, 0.25) is 0 Å². The third-order valence-corrected chi connectivity index (χ3v) is 12.2. The summed E-state index contributed by atoms with van der Waals surface area (Å²) in [5, 5.41) is 41.4. The van der Waals surface area contributed by atoms with Crippen molar-refractivity contribution in [1.29, 1.82) is 0 Å². The molecule has 0 amide bonds. The molecule has 0 aromatic rings. The predicted octanol–water partition coefficient (Wildman–Crippen LogP) is 8.90. The highest BCUT2D eigenvalue weighted by Crippen LogP contribution is 2.48. The first kappa shape index (κ1) is 60.0. The zero-order valence-corrected chi connectivity index (χ0v) is 40.2. The molecule has 1 aliphatic carbocycles. The van der Waals surface area contributed by atoms with Crippen LogP contribution in [0.3, 0.4) is 0 Å². The molecule has 0 heterocycles. The SMILES string of the molecule is CCCCC/C=C\C/C=C\C/C=C\C/C=C\CCCC(=O)O[C@H](COC(=O)CCCCCCCCCCCCCCCC)COP(=O)(O)OC1[C@H](O)[C@H](O)C(OP(=O)(O)O)[C@H](O)[C@H]1O. The van der Waals surface area contributed by atoms with Crippen LogP contribution in [0.25, 0.3) is 0 Å². The molecule has 372 valence electrons. The van der Waals surface area contributed by atoms with Crippen LogP contribution >= 0.6 is 15.6 Å². The number of carbonyl (C=O) groups is 2. The van der Waals surface area contributed by atoms with Crippen LogP contribution in [0.1, 0.15) is 174 Å². The van der Waals surface area contributed by atoms with Gasteiger partial charge in [0, 0.05) is 12.8 Å². The summed E-state index contributed by atoms with van der Waals surface area (Å²) in [6.07, 6.45) is 26.6. The van der Waals surface area contributed by atoms with Crippen LogP contribution in [-0.2, 0) is 41.8 Å². The van der Waals surface area contributed by atoms with Gasteiger partial charge in [-0.3, -0.25) is 23.2 Å². The molecule has 0 aliphatic heterocycles. The first-order valence-corrected chi connectivity index (χ1v) is 26.7. The molecule has 64 heavy (non-hydrogen) atoms. The van der Waals surface area contributed by atoms with Crippen LogP contribution in [0.4, 0.5) is 0 Å². The molecule has 0 bridgehead atoms. The van der Waals surface area contributed by atoms with Crippen LogP contribution in [-0.4, -0.2) is 103 Å². The highest BCUT2D eigenvalue weighted by molar-refractivity contribution is 7.47. The zero-order valence-electron chi connectivity index (χ0n) is 38.5. The van der Waals surface area contributed by atoms with Gasteiger partial charge in [0.15, 0.2) is 6.10 Å². The lowest BCUT2D eigenvalue weighted by Crippen LogP contribution is -2.64. The molecule has 7 N–H and O–H groups in total. The van der Waals surface area contributed by atoms with Gasteiger partial charge in [-0.2, -0.15) is 0 Å². The van der Waals surface area contributed by atoms with E-state index in [9.17, 15) is 44.0 Å². The smallest absolute Gasteiger partial charge is 0.462 e. The number of phosphoric acid groups is 2. The molecule has 0 saturated heterocycles. The molecule has 0 aromatic heterocycles. The van der Waals surface area contributed by atoms with Crippen molar-refractivity contribution in [2.24, 2.45) is 0 Å². The quantitative estimate of drug-likeness (QED) is 0.0131. The number of rotatable bonds is 39. The van der Waals surface area contributed by atoms with Crippen molar-refractivity contribution in [3.05, 3.63) is 48.6 Å². The van der Waals surface area contributed by atoms with E-state index in [1.54, 1.807) is 0 Å². The number of hydrogen-bond donors (Lipinski definition) is 7. The number of aliphatic hydroxyl groups excluding tert-OH is 4. The maximum absolute atomic E-state index is 12.9. The molecule has 16 nitrogen and oxygen atoms in total. The largest absolute Gasteiger partial charge is 0.472 e. The van der Waals surface area contributed by atoms with E-state index in [4.69, 9.17) is 28.3 Å². The van der Waals surface area contributed by atoms with Gasteiger partial charge in [-0.25, -0.2) is 9.13 Å². The van der Waals surface area contributed by atoms with Gasteiger partial charge in [0.1, 0.15) is 43.2 Å². The molecule has 1 saturated carbocycles. The molecular formula is C46H82O16P2. The molecule has 1 aliphatic rings. The Balaban J connectivity index is 2.62. The zero-order chi connectivity index (χ0) is 47.5. The number of hydrogen-bond acceptors (Lipinski definition) is 13. The molecular weight excluding hydrogens is 870 g/mol. The lowest BCUT2D eigenvalue weighted by Gasteiger charge is -2.43. The lowest BCUT2D eigenvalue weighted by molar-refractivity contribution is -0.216. The van der Waals surface area contributed by atoms with Gasteiger partial charge in [0.05, 0.1) is 6.61 Å². The van der Waals surface area contributed by atoms with Crippen LogP contribution in [0, 0.1) is 0 Å². The third-order valence-electron chi connectivity index (χ3n) is 10.7. The Labute approximate surface area is 382 Å². The third kappa shape index (κ3) is 31.0. The Morgan fingerprint density at radius 1 is 0.500 bits per heavy atom. The Kier molecular flexibility index (Phi) is 34.7. The van der Waals surface area contributed by atoms with Gasteiger partial charge in [0.25, 0.3) is 0 Å². The standard InChI is InChI=1S/C46H82O16P2/c1-3-5-7-9-11-13-15-17-19-20-21-23-25-27-29-31-33-35-40(48)60-38(36-58-39(47)34-32-30-28-26-24-22-18-16-14-12-10-8-6-4-2)37-59-64(56,57)62-46-43(51)41(49)45(42(50)44(46)52)61-63(53,54)55/h11,13,17,19,21,23,27,29,38,41-46,49-52H,3-10,12,14-16,18,20,22,24-26,28,30-37H2,1-2H3,(H,56,57)(H2,53,54,55)/b13-11-,19-17-,23-21-,29-27-/t38-,41-,42+,43-,44-,45?,46?/m1/s1. The molecule has 1 rings (SSSR count). The first-order valence-electron chi connectivity index (χ1n) is 23.7. The van der Waals surface area contributed by atoms with Gasteiger partial charge in [-0.05, 0) is 51.4 Å². The number of esters is 2. The van der Waals surface area contributed by atoms with E-state index in [1.165, 1.54) is 77.0 Å². The number of unbranched alkanes of at least 4 members (excludes halogenated alkanes) is 17. The van der Waals surface area contributed by atoms with Crippen molar-refractivity contribution in [1.82, 2.24) is 0 Å². The second-order valence-corrected chi connectivity index (χ2v) is 19.1. The van der Waals surface area contributed by atoms with Gasteiger partial charge < -0.3 is 44.6 Å². The predicted molar refractivity (Wildman–Crippen MR) is 246 cm³/mol. The highest BCUT2D eigenvalue weighted by Gasteiger charge is 2.54. The van der Waals surface area contributed by atoms with E-state index >= 15 is 0 Å². The van der Waals surface area contributed by atoms with E-state index in [0.29, 0.717) is 19.3 Å². The summed E-state index contributed by atoms with van der Waals surface area (Å²) in [7, 11) is -10.6. The fourth-order valence-corrected chi connectivity index (χ4v) is 8.50. The first-order chi connectivity index (χ1) is 30.6. The van der Waals surface area contributed by atoms with E-state index in [1.807, 2.05) is 12.2 Å². The number of aliphatic hydroxyl groups is 4. The summed E-state index contributed by atoms with van der Waals surface area (Å²) in [4.78, 5) is 54.0. The van der Waals surface area contributed by atoms with Crippen molar-refractivity contribution < 1.29 is 76.9 Å². The second kappa shape index (κ2) is 37.0. The maximum atomic E-state index is 12.9. The fourth-order valence-electron chi connectivity index (χ4n) is 6.96. The van der Waals surface area contributed by atoms with Crippen molar-refractivity contribution in [2.75, 3.05) is 13.2 Å². The fraction of sp³-hybridized carbons (Fsp3) is 0.783. The molecule has 18 heteroatoms. The van der Waals surface area contributed by atoms with Crippen molar-refractivity contribution in [3.8, 4) is 0 Å². The molecule has 0 radical (unpaired) electrons. The summed E-state index contributed by atoms with van der Waals surface area (Å²) in [6.45, 7) is 3.06. The Hall–Kier alpha value is -2.04. The van der Waals surface area contributed by atoms with Crippen molar-refractivity contribution in [3.63, 3.8) is 0 Å². The minimum Gasteiger partial charge on any atom is -0.462 e. The minimum atomic E-state index is -5.31. The van der Waals surface area contributed by atoms with Crippen LogP contribution < -0.4 is 0 Å². The second-order valence-electron chi connectivity index (χ2n) is 16.5. The summed E-state index contributed by atoms with van der Waals surface area (Å²) >= 11 is 0. The topological polar surface area (TPSA) is 256 Å². The monoisotopic (exact) mass is 953 g/mol.